The summed E-state index contributed by atoms with van der Waals surface area (Å²) in [6.07, 6.45) is 0. The van der Waals surface area contributed by atoms with Crippen LogP contribution < -0.4 is 0 Å². The topological polar surface area (TPSA) is 69.7 Å². The summed E-state index contributed by atoms with van der Waals surface area (Å²) in [6.45, 7) is 1.74. The average Bonchev–Trinajstić information content (AvgIpc) is 3.24. The van der Waals surface area contributed by atoms with Gasteiger partial charge < -0.3 is 9.47 Å². The van der Waals surface area contributed by atoms with Crippen molar-refractivity contribution in [1.29, 1.82) is 0 Å². The number of hydrogen-bond donors (Lipinski definition) is 0. The number of ether oxygens (including phenoxy) is 2. The summed E-state index contributed by atoms with van der Waals surface area (Å²) >= 11 is 2.65. The maximum absolute atomic E-state index is 12.8. The Hall–Kier alpha value is -2.51. The fourth-order valence-electron chi connectivity index (χ4n) is 2.56. The molecule has 0 aliphatic heterocycles. The molecule has 0 aliphatic carbocycles. The van der Waals surface area contributed by atoms with Gasteiger partial charge in [0.15, 0.2) is 0 Å². The fourth-order valence-corrected chi connectivity index (χ4v) is 4.88. The highest BCUT2D eigenvalue weighted by molar-refractivity contribution is 7.39. The molecule has 3 rings (SSSR count). The van der Waals surface area contributed by atoms with Crippen LogP contribution in [0.4, 0.5) is 0 Å². The Morgan fingerprint density at radius 3 is 2.31 bits per heavy atom. The molecule has 0 fully saturated rings. The first-order valence-electron chi connectivity index (χ1n) is 7.78. The van der Waals surface area contributed by atoms with E-state index in [0.717, 1.165) is 15.0 Å². The molecular weight excluding hydrogens is 372 g/mol. The van der Waals surface area contributed by atoms with Gasteiger partial charge in [0.2, 0.25) is 5.78 Å². The molecule has 5 nitrogen and oxygen atoms in total. The Morgan fingerprint density at radius 2 is 1.65 bits per heavy atom. The van der Waals surface area contributed by atoms with Crippen molar-refractivity contribution in [3.63, 3.8) is 0 Å². The number of rotatable bonds is 5. The molecule has 1 unspecified atom stereocenters. The van der Waals surface area contributed by atoms with E-state index < -0.39 is 5.92 Å². The van der Waals surface area contributed by atoms with Crippen molar-refractivity contribution in [2.75, 3.05) is 14.2 Å². The van der Waals surface area contributed by atoms with E-state index in [4.69, 9.17) is 9.47 Å². The van der Waals surface area contributed by atoms with Crippen LogP contribution in [0.15, 0.2) is 36.4 Å². The van der Waals surface area contributed by atoms with Crippen LogP contribution in [0.3, 0.4) is 0 Å². The predicted molar refractivity (Wildman–Crippen MR) is 101 cm³/mol. The van der Waals surface area contributed by atoms with E-state index in [1.165, 1.54) is 36.9 Å². The molecular formula is C19H16O5S2. The number of thiophene rings is 2. The lowest BCUT2D eigenvalue weighted by Gasteiger charge is -2.10. The van der Waals surface area contributed by atoms with Crippen LogP contribution in [0.25, 0.3) is 9.40 Å². The first kappa shape index (κ1) is 18.3. The Morgan fingerprint density at radius 1 is 0.962 bits per heavy atom. The van der Waals surface area contributed by atoms with E-state index in [0.29, 0.717) is 15.3 Å². The summed E-state index contributed by atoms with van der Waals surface area (Å²) in [5, 5.41) is 0.850. The van der Waals surface area contributed by atoms with Gasteiger partial charge in [-0.3, -0.25) is 9.59 Å². The Balaban J connectivity index is 1.89. The Labute approximate surface area is 158 Å². The third-order valence-electron chi connectivity index (χ3n) is 4.03. The summed E-state index contributed by atoms with van der Waals surface area (Å²) in [4.78, 5) is 37.2. The van der Waals surface area contributed by atoms with E-state index >= 15 is 0 Å². The lowest BCUT2D eigenvalue weighted by molar-refractivity contribution is -0.142. The molecule has 0 aliphatic rings. The van der Waals surface area contributed by atoms with Gasteiger partial charge in [0.25, 0.3) is 0 Å². The van der Waals surface area contributed by atoms with Crippen LogP contribution in [-0.4, -0.2) is 31.9 Å². The molecule has 0 bridgehead atoms. The summed E-state index contributed by atoms with van der Waals surface area (Å²) < 4.78 is 10.4. The van der Waals surface area contributed by atoms with Crippen LogP contribution in [0.2, 0.25) is 0 Å². The quantitative estimate of drug-likeness (QED) is 0.483. The SMILES string of the molecule is COC(=O)c1cc2cc(C(=O)c3cccc(C(C)C(=O)OC)c3)sc2s1. The van der Waals surface area contributed by atoms with E-state index in [1.807, 2.05) is 0 Å². The van der Waals surface area contributed by atoms with Gasteiger partial charge in [-0.1, -0.05) is 18.2 Å². The van der Waals surface area contributed by atoms with E-state index in [9.17, 15) is 14.4 Å². The lowest BCUT2D eigenvalue weighted by Crippen LogP contribution is -2.11. The van der Waals surface area contributed by atoms with Crippen LogP contribution >= 0.6 is 22.7 Å². The molecule has 2 aromatic heterocycles. The molecule has 1 aromatic carbocycles. The maximum Gasteiger partial charge on any atom is 0.348 e. The number of fused-ring (bicyclic) bond motifs is 1. The molecule has 2 heterocycles. The minimum absolute atomic E-state index is 0.114. The molecule has 26 heavy (non-hydrogen) atoms. The second-order valence-corrected chi connectivity index (χ2v) is 8.02. The van der Waals surface area contributed by atoms with E-state index in [-0.39, 0.29) is 17.7 Å². The molecule has 0 radical (unpaired) electrons. The van der Waals surface area contributed by atoms with Crippen LogP contribution in [-0.2, 0) is 14.3 Å². The van der Waals surface area contributed by atoms with Gasteiger partial charge in [-0.2, -0.15) is 0 Å². The van der Waals surface area contributed by atoms with E-state index in [1.54, 1.807) is 43.3 Å². The number of carbonyl (C=O) groups is 3. The summed E-state index contributed by atoms with van der Waals surface area (Å²) in [6, 6.07) is 10.5. The minimum Gasteiger partial charge on any atom is -0.469 e. The zero-order valence-electron chi connectivity index (χ0n) is 14.4. The third kappa shape index (κ3) is 3.40. The lowest BCUT2D eigenvalue weighted by atomic mass is 9.97. The zero-order valence-corrected chi connectivity index (χ0v) is 16.0. The number of ketones is 1. The highest BCUT2D eigenvalue weighted by Gasteiger charge is 2.20. The summed E-state index contributed by atoms with van der Waals surface area (Å²) in [7, 11) is 2.68. The maximum atomic E-state index is 12.8. The number of methoxy groups -OCH3 is 2. The molecule has 0 spiro atoms. The van der Waals surface area contributed by atoms with Crippen molar-refractivity contribution in [3.8, 4) is 0 Å². The number of esters is 2. The summed E-state index contributed by atoms with van der Waals surface area (Å²) in [5.41, 5.74) is 1.24. The third-order valence-corrected chi connectivity index (χ3v) is 6.40. The molecule has 3 aromatic rings. The number of hydrogen-bond acceptors (Lipinski definition) is 7. The van der Waals surface area contributed by atoms with Crippen LogP contribution in [0.1, 0.15) is 43.3 Å². The number of carbonyl (C=O) groups excluding carboxylic acids is 3. The van der Waals surface area contributed by atoms with Gasteiger partial charge in [-0.25, -0.2) is 4.79 Å². The second kappa shape index (κ2) is 7.39. The molecule has 0 saturated carbocycles. The Bertz CT molecular complexity index is 967. The van der Waals surface area contributed by atoms with Gasteiger partial charge in [-0.05, 0) is 30.7 Å². The fraction of sp³-hybridized carbons (Fsp3) is 0.211. The minimum atomic E-state index is -0.442. The van der Waals surface area contributed by atoms with Gasteiger partial charge in [-0.15, -0.1) is 22.7 Å². The van der Waals surface area contributed by atoms with Crippen LogP contribution in [0, 0.1) is 0 Å². The highest BCUT2D eigenvalue weighted by atomic mass is 32.2. The van der Waals surface area contributed by atoms with Crippen molar-refractivity contribution in [2.45, 2.75) is 12.8 Å². The molecule has 0 amide bonds. The van der Waals surface area contributed by atoms with Gasteiger partial charge in [0.05, 0.1) is 29.0 Å². The summed E-state index contributed by atoms with van der Waals surface area (Å²) in [5.74, 6) is -1.28. The van der Waals surface area contributed by atoms with Crippen molar-refractivity contribution in [3.05, 3.63) is 57.3 Å². The van der Waals surface area contributed by atoms with Gasteiger partial charge >= 0.3 is 11.9 Å². The number of benzene rings is 1. The first-order valence-corrected chi connectivity index (χ1v) is 9.42. The molecule has 0 saturated heterocycles. The van der Waals surface area contributed by atoms with Gasteiger partial charge in [0, 0.05) is 10.9 Å². The molecule has 134 valence electrons. The first-order chi connectivity index (χ1) is 12.4. The van der Waals surface area contributed by atoms with Crippen molar-refractivity contribution < 1.29 is 23.9 Å². The van der Waals surface area contributed by atoms with E-state index in [2.05, 4.69) is 0 Å². The second-order valence-electron chi connectivity index (χ2n) is 5.66. The standard InChI is InChI=1S/C19H16O5S2/c1-10(17(21)23-2)11-5-4-6-12(7-11)16(20)14-8-13-9-15(18(22)24-3)26-19(13)25-14/h4-10H,1-3H3. The molecule has 7 heteroatoms. The van der Waals surface area contributed by atoms with Crippen molar-refractivity contribution in [1.82, 2.24) is 0 Å². The van der Waals surface area contributed by atoms with Crippen molar-refractivity contribution >= 4 is 49.8 Å². The van der Waals surface area contributed by atoms with Gasteiger partial charge in [0.1, 0.15) is 4.88 Å². The zero-order chi connectivity index (χ0) is 18.8. The smallest absolute Gasteiger partial charge is 0.348 e. The highest BCUT2D eigenvalue weighted by Crippen LogP contribution is 2.35. The largest absolute Gasteiger partial charge is 0.469 e. The normalized spacial score (nSPS) is 12.0. The monoisotopic (exact) mass is 388 g/mol. The molecule has 0 N–H and O–H groups in total. The van der Waals surface area contributed by atoms with Crippen LogP contribution in [0.5, 0.6) is 0 Å². The average molecular weight is 388 g/mol. The predicted octanol–water partition coefficient (Wildman–Crippen LogP) is 4.26. The van der Waals surface area contributed by atoms with Crippen molar-refractivity contribution in [2.24, 2.45) is 0 Å². The molecule has 1 atom stereocenters. The Kier molecular flexibility index (Phi) is 5.20.